The van der Waals surface area contributed by atoms with Gasteiger partial charge in [0.1, 0.15) is 5.82 Å². The Morgan fingerprint density at radius 3 is 2.69 bits per heavy atom. The number of piperidine rings is 1. The summed E-state index contributed by atoms with van der Waals surface area (Å²) in [7, 11) is -3.87. The summed E-state index contributed by atoms with van der Waals surface area (Å²) in [4.78, 5) is 18.0. The first-order valence-electron chi connectivity index (χ1n) is 8.28. The molecule has 2 heterocycles. The molecule has 1 fully saturated rings. The molecule has 1 aliphatic heterocycles. The summed E-state index contributed by atoms with van der Waals surface area (Å²) in [6.07, 6.45) is 2.74. The number of aromatic nitrogens is 1. The number of carbonyl (C=O) groups excluding carboxylic acids is 1. The molecule has 1 aliphatic rings. The molecule has 1 aromatic carbocycles. The molecule has 0 atom stereocenters. The quantitative estimate of drug-likeness (QED) is 0.777. The lowest BCUT2D eigenvalue weighted by Gasteiger charge is -2.37. The Hall–Kier alpha value is -1.84. The molecule has 2 aromatic rings. The van der Waals surface area contributed by atoms with E-state index in [0.29, 0.717) is 25.9 Å². The molecule has 6 nitrogen and oxygen atoms in total. The third-order valence-corrected chi connectivity index (χ3v) is 7.17. The zero-order valence-corrected chi connectivity index (χ0v) is 16.0. The first-order chi connectivity index (χ1) is 12.4. The summed E-state index contributed by atoms with van der Waals surface area (Å²) in [5.74, 6) is -0.597. The van der Waals surface area contributed by atoms with Crippen LogP contribution in [0.15, 0.2) is 40.9 Å². The number of halogens is 1. The molecule has 3 rings (SSSR count). The van der Waals surface area contributed by atoms with Gasteiger partial charge in [-0.25, -0.2) is 12.8 Å². The Labute approximate surface area is 156 Å². The van der Waals surface area contributed by atoms with Crippen molar-refractivity contribution in [1.82, 2.24) is 14.2 Å². The predicted octanol–water partition coefficient (Wildman–Crippen LogP) is 2.48. The maximum atomic E-state index is 13.6. The number of nitrogens with zero attached hydrogens (tertiary/aromatic N) is 3. The summed E-state index contributed by atoms with van der Waals surface area (Å²) in [5, 5.41) is 0. The fraction of sp³-hybridized carbons (Fsp3) is 0.412. The van der Waals surface area contributed by atoms with Gasteiger partial charge >= 0.3 is 0 Å². The topological polar surface area (TPSA) is 70.6 Å². The zero-order valence-electron chi connectivity index (χ0n) is 14.3. The van der Waals surface area contributed by atoms with E-state index in [1.165, 1.54) is 40.8 Å². The first-order valence-corrected chi connectivity index (χ1v) is 10.6. The average Bonchev–Trinajstić information content (AvgIpc) is 3.13. The van der Waals surface area contributed by atoms with E-state index in [1.807, 2.05) is 0 Å². The molecule has 1 saturated heterocycles. The van der Waals surface area contributed by atoms with Crippen molar-refractivity contribution in [2.45, 2.75) is 37.2 Å². The van der Waals surface area contributed by atoms with Crippen molar-refractivity contribution in [2.75, 3.05) is 13.1 Å². The monoisotopic (exact) mass is 397 g/mol. The zero-order chi connectivity index (χ0) is 18.7. The minimum absolute atomic E-state index is 0.00885. The number of benzene rings is 1. The number of carbonyl (C=O) groups is 1. The number of amides is 1. The summed E-state index contributed by atoms with van der Waals surface area (Å²) in [6.45, 7) is 2.73. The maximum Gasteiger partial charge on any atom is 0.243 e. The number of thiazole rings is 1. The van der Waals surface area contributed by atoms with Crippen molar-refractivity contribution in [3.63, 3.8) is 0 Å². The lowest BCUT2D eigenvalue weighted by molar-refractivity contribution is -0.130. The van der Waals surface area contributed by atoms with Crippen molar-refractivity contribution >= 4 is 27.3 Å². The van der Waals surface area contributed by atoms with Crippen LogP contribution in [0, 0.1) is 5.82 Å². The van der Waals surface area contributed by atoms with Gasteiger partial charge in [0.15, 0.2) is 0 Å². The Kier molecular flexibility index (Phi) is 5.69. The molecule has 0 aliphatic carbocycles. The van der Waals surface area contributed by atoms with Crippen LogP contribution >= 0.6 is 11.3 Å². The Balaban J connectivity index is 1.90. The fourth-order valence-corrected chi connectivity index (χ4v) is 5.49. The third kappa shape index (κ3) is 4.11. The Bertz CT molecular complexity index is 863. The summed E-state index contributed by atoms with van der Waals surface area (Å²) >= 11 is 1.38. The van der Waals surface area contributed by atoms with Crippen molar-refractivity contribution in [2.24, 2.45) is 0 Å². The highest BCUT2D eigenvalue weighted by atomic mass is 32.2. The smallest absolute Gasteiger partial charge is 0.243 e. The minimum atomic E-state index is -3.87. The van der Waals surface area contributed by atoms with Gasteiger partial charge in [0, 0.05) is 37.1 Å². The van der Waals surface area contributed by atoms with Gasteiger partial charge in [0.05, 0.1) is 17.0 Å². The number of likely N-dealkylation sites (tertiary alicyclic amines) is 1. The second kappa shape index (κ2) is 7.81. The van der Waals surface area contributed by atoms with Crippen molar-refractivity contribution in [3.8, 4) is 0 Å². The Morgan fingerprint density at radius 1 is 1.38 bits per heavy atom. The molecule has 0 radical (unpaired) electrons. The molecule has 140 valence electrons. The summed E-state index contributed by atoms with van der Waals surface area (Å²) in [6, 6.07) is 4.81. The number of hydrogen-bond acceptors (Lipinski definition) is 5. The number of rotatable bonds is 5. The third-order valence-electron chi connectivity index (χ3n) is 4.51. The molecule has 0 unspecified atom stereocenters. The van der Waals surface area contributed by atoms with Crippen LogP contribution in [0.4, 0.5) is 4.39 Å². The van der Waals surface area contributed by atoms with E-state index in [4.69, 9.17) is 0 Å². The second-order valence-electron chi connectivity index (χ2n) is 6.21. The van der Waals surface area contributed by atoms with Crippen LogP contribution in [0.25, 0.3) is 0 Å². The Morgan fingerprint density at radius 2 is 2.12 bits per heavy atom. The van der Waals surface area contributed by atoms with E-state index in [-0.39, 0.29) is 23.4 Å². The lowest BCUT2D eigenvalue weighted by atomic mass is 10.1. The minimum Gasteiger partial charge on any atom is -0.343 e. The summed E-state index contributed by atoms with van der Waals surface area (Å²) in [5.41, 5.74) is 1.65. The van der Waals surface area contributed by atoms with Gasteiger partial charge in [-0.15, -0.1) is 11.3 Å². The first kappa shape index (κ1) is 18.9. The lowest BCUT2D eigenvalue weighted by Crippen LogP contribution is -2.47. The second-order valence-corrected chi connectivity index (χ2v) is 9.07. The largest absolute Gasteiger partial charge is 0.343 e. The van der Waals surface area contributed by atoms with Gasteiger partial charge in [-0.3, -0.25) is 9.78 Å². The molecule has 26 heavy (non-hydrogen) atoms. The molecule has 0 spiro atoms. The molecule has 1 amide bonds. The van der Waals surface area contributed by atoms with Crippen LogP contribution in [-0.4, -0.2) is 47.6 Å². The summed E-state index contributed by atoms with van der Waals surface area (Å²) < 4.78 is 41.4. The molecule has 1 aromatic heterocycles. The van der Waals surface area contributed by atoms with Crippen LogP contribution < -0.4 is 0 Å². The standard InChI is InChI=1S/C17H20FN3O3S2/c1-13(22)20-7-5-15(6-8-20)21(11-16-10-19-12-25-16)26(23,24)17-4-2-3-14(18)9-17/h2-4,9-10,12,15H,5-8,11H2,1H3. The molecule has 0 bridgehead atoms. The van der Waals surface area contributed by atoms with Gasteiger partial charge in [-0.05, 0) is 31.0 Å². The van der Waals surface area contributed by atoms with Crippen molar-refractivity contribution in [1.29, 1.82) is 0 Å². The highest BCUT2D eigenvalue weighted by Gasteiger charge is 2.34. The number of hydrogen-bond donors (Lipinski definition) is 0. The maximum absolute atomic E-state index is 13.6. The van der Waals surface area contributed by atoms with E-state index in [2.05, 4.69) is 4.98 Å². The average molecular weight is 397 g/mol. The van der Waals surface area contributed by atoms with Crippen LogP contribution in [-0.2, 0) is 21.4 Å². The molecular weight excluding hydrogens is 377 g/mol. The molecule has 0 N–H and O–H groups in total. The molecule has 0 saturated carbocycles. The van der Waals surface area contributed by atoms with E-state index in [0.717, 1.165) is 10.9 Å². The number of sulfonamides is 1. The van der Waals surface area contributed by atoms with Crippen LogP contribution in [0.2, 0.25) is 0 Å². The van der Waals surface area contributed by atoms with Crippen molar-refractivity contribution in [3.05, 3.63) is 46.7 Å². The van der Waals surface area contributed by atoms with Crippen LogP contribution in [0.5, 0.6) is 0 Å². The van der Waals surface area contributed by atoms with Gasteiger partial charge in [0.25, 0.3) is 0 Å². The van der Waals surface area contributed by atoms with E-state index >= 15 is 0 Å². The SMILES string of the molecule is CC(=O)N1CCC(N(Cc2cncs2)S(=O)(=O)c2cccc(F)c2)CC1. The van der Waals surface area contributed by atoms with Gasteiger partial charge < -0.3 is 4.90 Å². The molecule has 9 heteroatoms. The molecular formula is C17H20FN3O3S2. The van der Waals surface area contributed by atoms with E-state index in [9.17, 15) is 17.6 Å². The van der Waals surface area contributed by atoms with Gasteiger partial charge in [-0.2, -0.15) is 4.31 Å². The van der Waals surface area contributed by atoms with Crippen molar-refractivity contribution < 1.29 is 17.6 Å². The highest BCUT2D eigenvalue weighted by molar-refractivity contribution is 7.89. The van der Waals surface area contributed by atoms with Gasteiger partial charge in [-0.1, -0.05) is 6.07 Å². The predicted molar refractivity (Wildman–Crippen MR) is 96.5 cm³/mol. The van der Waals surface area contributed by atoms with E-state index < -0.39 is 15.8 Å². The highest BCUT2D eigenvalue weighted by Crippen LogP contribution is 2.27. The normalized spacial score (nSPS) is 16.2. The fourth-order valence-electron chi connectivity index (χ4n) is 3.12. The van der Waals surface area contributed by atoms with E-state index in [1.54, 1.807) is 16.6 Å². The van der Waals surface area contributed by atoms with Gasteiger partial charge in [0.2, 0.25) is 15.9 Å². The van der Waals surface area contributed by atoms with Crippen LogP contribution in [0.1, 0.15) is 24.6 Å². The van der Waals surface area contributed by atoms with Crippen LogP contribution in [0.3, 0.4) is 0 Å².